The molecule has 10 heteroatoms. The third kappa shape index (κ3) is 3.21. The van der Waals surface area contributed by atoms with Crippen molar-refractivity contribution in [2.45, 2.75) is 30.6 Å². The minimum atomic E-state index is -1.15. The van der Waals surface area contributed by atoms with Gasteiger partial charge in [0.2, 0.25) is 11.9 Å². The van der Waals surface area contributed by atoms with E-state index in [0.717, 1.165) is 10.2 Å². The number of nitrogens with one attached hydrogen (secondary N) is 1. The number of nitrogens with zero attached hydrogens (tertiary/aromatic N) is 3. The van der Waals surface area contributed by atoms with Crippen LogP contribution in [0.5, 0.6) is 0 Å². The van der Waals surface area contributed by atoms with Gasteiger partial charge in [0.05, 0.1) is 22.4 Å². The van der Waals surface area contributed by atoms with Gasteiger partial charge in [-0.25, -0.2) is 4.98 Å². The van der Waals surface area contributed by atoms with E-state index < -0.39 is 36.0 Å². The number of carbonyl (C=O) groups excluding carboxylic acids is 1. The Morgan fingerprint density at radius 3 is 2.78 bits per heavy atom. The molecule has 5 atom stereocenters. The highest BCUT2D eigenvalue weighted by atomic mass is 32.1. The largest absolute Gasteiger partial charge is 0.396 e. The maximum atomic E-state index is 12.6. The number of fused-ring (bicyclic) bond motifs is 1. The van der Waals surface area contributed by atoms with E-state index in [2.05, 4.69) is 20.3 Å². The minimum Gasteiger partial charge on any atom is -0.396 e. The molecule has 1 aliphatic heterocycles. The summed E-state index contributed by atoms with van der Waals surface area (Å²) in [5.41, 5.74) is 6.46. The summed E-state index contributed by atoms with van der Waals surface area (Å²) in [5.74, 6) is -1.67. The van der Waals surface area contributed by atoms with Gasteiger partial charge in [-0.3, -0.25) is 15.1 Å². The fraction of sp³-hybridized carbons (Fsp3) is 0.412. The molecule has 2 heterocycles. The SMILES string of the molecule is NC1=NC(=N[C@@H]2C[C@H](CO)[C@@H](O)[C@H]2O)C(c2nc3ccccc3s2)C(=O)N1. The first kappa shape index (κ1) is 18.0. The van der Waals surface area contributed by atoms with Crippen LogP contribution in [0.4, 0.5) is 0 Å². The molecule has 0 saturated heterocycles. The van der Waals surface area contributed by atoms with E-state index in [1.54, 1.807) is 0 Å². The first-order valence-electron chi connectivity index (χ1n) is 8.53. The molecule has 0 spiro atoms. The number of hydrogen-bond donors (Lipinski definition) is 5. The van der Waals surface area contributed by atoms with E-state index in [1.807, 2.05) is 24.3 Å². The second kappa shape index (κ2) is 6.97. The van der Waals surface area contributed by atoms with E-state index in [-0.39, 0.29) is 24.8 Å². The molecule has 4 rings (SSSR count). The molecule has 1 saturated carbocycles. The van der Waals surface area contributed by atoms with Crippen molar-refractivity contribution in [3.63, 3.8) is 0 Å². The van der Waals surface area contributed by atoms with Gasteiger partial charge in [0, 0.05) is 12.5 Å². The van der Waals surface area contributed by atoms with Crippen LogP contribution in [0, 0.1) is 5.92 Å². The zero-order chi connectivity index (χ0) is 19.1. The molecular formula is C17H19N5O4S. The van der Waals surface area contributed by atoms with Crippen LogP contribution in [0.25, 0.3) is 10.2 Å². The third-order valence-corrected chi connectivity index (χ3v) is 5.97. The van der Waals surface area contributed by atoms with Crippen LogP contribution < -0.4 is 11.1 Å². The van der Waals surface area contributed by atoms with Gasteiger partial charge in [0.25, 0.3) is 0 Å². The van der Waals surface area contributed by atoms with Gasteiger partial charge in [-0.1, -0.05) is 12.1 Å². The number of aliphatic imine (C=N–C) groups is 2. The average molecular weight is 389 g/mol. The molecule has 142 valence electrons. The zero-order valence-electron chi connectivity index (χ0n) is 14.2. The van der Waals surface area contributed by atoms with Gasteiger partial charge in [0.15, 0.2) is 0 Å². The smallest absolute Gasteiger partial charge is 0.244 e. The van der Waals surface area contributed by atoms with Crippen LogP contribution in [0.1, 0.15) is 17.3 Å². The molecule has 1 fully saturated rings. The second-order valence-electron chi connectivity index (χ2n) is 6.65. The third-order valence-electron chi connectivity index (χ3n) is 4.87. The molecule has 9 nitrogen and oxygen atoms in total. The van der Waals surface area contributed by atoms with E-state index >= 15 is 0 Å². The zero-order valence-corrected chi connectivity index (χ0v) is 15.0. The molecule has 0 radical (unpaired) electrons. The van der Waals surface area contributed by atoms with Crippen molar-refractivity contribution in [1.29, 1.82) is 0 Å². The van der Waals surface area contributed by atoms with E-state index in [9.17, 15) is 20.1 Å². The Bertz CT molecular complexity index is 909. The molecule has 1 aliphatic carbocycles. The quantitative estimate of drug-likeness (QED) is 0.469. The maximum absolute atomic E-state index is 12.6. The normalized spacial score (nSPS) is 32.7. The summed E-state index contributed by atoms with van der Waals surface area (Å²) in [6.45, 7) is -0.257. The summed E-state index contributed by atoms with van der Waals surface area (Å²) in [5, 5.41) is 32.6. The van der Waals surface area contributed by atoms with Crippen molar-refractivity contribution in [3.05, 3.63) is 29.3 Å². The van der Waals surface area contributed by atoms with Crippen LogP contribution in [0.2, 0.25) is 0 Å². The molecule has 1 unspecified atom stereocenters. The van der Waals surface area contributed by atoms with Crippen LogP contribution >= 0.6 is 11.3 Å². The Morgan fingerprint density at radius 2 is 2.07 bits per heavy atom. The number of thiazole rings is 1. The predicted molar refractivity (Wildman–Crippen MR) is 101 cm³/mol. The highest BCUT2D eigenvalue weighted by Crippen LogP contribution is 2.33. The summed E-state index contributed by atoms with van der Waals surface area (Å²) in [6.07, 6.45) is -1.94. The minimum absolute atomic E-state index is 0.0807. The number of nitrogens with two attached hydrogens (primary N) is 1. The predicted octanol–water partition coefficient (Wildman–Crippen LogP) is -0.674. The monoisotopic (exact) mass is 389 g/mol. The van der Waals surface area contributed by atoms with Gasteiger partial charge >= 0.3 is 0 Å². The van der Waals surface area contributed by atoms with Gasteiger partial charge in [0.1, 0.15) is 22.9 Å². The lowest BCUT2D eigenvalue weighted by Crippen LogP contribution is -2.47. The van der Waals surface area contributed by atoms with Gasteiger partial charge < -0.3 is 21.1 Å². The van der Waals surface area contributed by atoms with E-state index in [0.29, 0.717) is 5.01 Å². The van der Waals surface area contributed by atoms with Crippen molar-refractivity contribution >= 4 is 39.3 Å². The van der Waals surface area contributed by atoms with Gasteiger partial charge in [-0.05, 0) is 18.6 Å². The highest BCUT2D eigenvalue weighted by molar-refractivity contribution is 7.18. The number of para-hydroxylation sites is 1. The van der Waals surface area contributed by atoms with Crippen LogP contribution in [-0.4, -0.2) is 62.9 Å². The lowest BCUT2D eigenvalue weighted by molar-refractivity contribution is -0.119. The summed E-state index contributed by atoms with van der Waals surface area (Å²) in [6, 6.07) is 6.83. The summed E-state index contributed by atoms with van der Waals surface area (Å²) < 4.78 is 0.929. The fourth-order valence-electron chi connectivity index (χ4n) is 3.45. The van der Waals surface area contributed by atoms with Gasteiger partial charge in [-0.2, -0.15) is 4.99 Å². The number of rotatable bonds is 3. The maximum Gasteiger partial charge on any atom is 0.244 e. The highest BCUT2D eigenvalue weighted by Gasteiger charge is 2.43. The lowest BCUT2D eigenvalue weighted by atomic mass is 10.1. The first-order chi connectivity index (χ1) is 13.0. The summed E-state index contributed by atoms with van der Waals surface area (Å²) in [4.78, 5) is 25.7. The fourth-order valence-corrected chi connectivity index (χ4v) is 4.51. The number of benzene rings is 1. The van der Waals surface area contributed by atoms with Gasteiger partial charge in [-0.15, -0.1) is 11.3 Å². The molecular weight excluding hydrogens is 370 g/mol. The van der Waals surface area contributed by atoms with Crippen LogP contribution in [0.15, 0.2) is 34.3 Å². The average Bonchev–Trinajstić information content (AvgIpc) is 3.17. The van der Waals surface area contributed by atoms with Crippen molar-refractivity contribution < 1.29 is 20.1 Å². The van der Waals surface area contributed by atoms with E-state index in [1.165, 1.54) is 11.3 Å². The van der Waals surface area contributed by atoms with Crippen molar-refractivity contribution in [3.8, 4) is 0 Å². The number of guanidine groups is 1. The molecule has 1 amide bonds. The molecule has 2 aromatic rings. The first-order valence-corrected chi connectivity index (χ1v) is 9.34. The second-order valence-corrected chi connectivity index (χ2v) is 7.72. The standard InChI is InChI=1S/C17H19N5O4S/c18-17-21-14(19-9-5-7(6-23)12(24)13(9)25)11(15(26)22-17)16-20-8-3-1-2-4-10(8)27-16/h1-4,7,9,11-13,23-25H,5-6H2,(H3,18,19,21,22,26)/t7-,9-,11?,12-,13+/m1/s1. The Kier molecular flexibility index (Phi) is 4.64. The Balaban J connectivity index is 1.74. The van der Waals surface area contributed by atoms with Crippen LogP contribution in [-0.2, 0) is 4.79 Å². The number of aliphatic hydroxyl groups is 3. The Labute approximate surface area is 158 Å². The van der Waals surface area contributed by atoms with Crippen LogP contribution in [0.3, 0.4) is 0 Å². The Morgan fingerprint density at radius 1 is 1.30 bits per heavy atom. The topological polar surface area (TPSA) is 153 Å². The lowest BCUT2D eigenvalue weighted by Gasteiger charge is -2.21. The number of hydrogen-bond acceptors (Lipinski definition) is 8. The summed E-state index contributed by atoms with van der Waals surface area (Å²) >= 11 is 1.36. The van der Waals surface area contributed by atoms with E-state index in [4.69, 9.17) is 5.73 Å². The molecule has 27 heavy (non-hydrogen) atoms. The molecule has 6 N–H and O–H groups in total. The number of aliphatic hydroxyl groups excluding tert-OH is 3. The molecule has 1 aromatic heterocycles. The molecule has 2 aliphatic rings. The summed E-state index contributed by atoms with van der Waals surface area (Å²) in [7, 11) is 0. The van der Waals surface area contributed by atoms with Crippen molar-refractivity contribution in [1.82, 2.24) is 10.3 Å². The number of aromatic nitrogens is 1. The molecule has 0 bridgehead atoms. The Hall–Kier alpha value is -2.40. The molecule has 1 aromatic carbocycles. The number of amidine groups is 1. The number of amides is 1. The van der Waals surface area contributed by atoms with Crippen molar-refractivity contribution in [2.24, 2.45) is 21.6 Å². The van der Waals surface area contributed by atoms with Crippen molar-refractivity contribution in [2.75, 3.05) is 6.61 Å². The number of carbonyl (C=O) groups is 1.